The van der Waals surface area contributed by atoms with Crippen LogP contribution in [0, 0.1) is 13.8 Å². The van der Waals surface area contributed by atoms with E-state index in [0.717, 1.165) is 23.7 Å². The van der Waals surface area contributed by atoms with Gasteiger partial charge < -0.3 is 11.1 Å². The van der Waals surface area contributed by atoms with Crippen LogP contribution in [0.25, 0.3) is 0 Å². The minimum Gasteiger partial charge on any atom is -0.366 e. The van der Waals surface area contributed by atoms with Crippen LogP contribution in [0.2, 0.25) is 0 Å². The molecule has 5 heteroatoms. The molecule has 4 nitrogen and oxygen atoms in total. The van der Waals surface area contributed by atoms with Gasteiger partial charge >= 0.3 is 0 Å². The van der Waals surface area contributed by atoms with Crippen LogP contribution < -0.4 is 11.1 Å². The lowest BCUT2D eigenvalue weighted by molar-refractivity contribution is 0.1000. The lowest BCUT2D eigenvalue weighted by Gasteiger charge is -2.08. The number of nitrogens with two attached hydrogens (primary N) is 1. The van der Waals surface area contributed by atoms with Gasteiger partial charge in [0, 0.05) is 29.7 Å². The van der Waals surface area contributed by atoms with Crippen LogP contribution in [-0.2, 0) is 13.1 Å². The average molecular weight is 275 g/mol. The maximum atomic E-state index is 11.1. The number of amides is 1. The van der Waals surface area contributed by atoms with Crippen molar-refractivity contribution in [2.75, 3.05) is 0 Å². The van der Waals surface area contributed by atoms with Crippen molar-refractivity contribution >= 4 is 17.2 Å². The predicted octanol–water partition coefficient (Wildman–Crippen LogP) is 2.15. The molecule has 2 rings (SSSR count). The third kappa shape index (κ3) is 3.62. The standard InChI is InChI=1S/C14H17N3OS/c1-9-5-11(14(15)18)3-4-12(9)6-16-7-13-8-17-10(2)19-13/h3-5,8,16H,6-7H2,1-2H3,(H2,15,18). The fraction of sp³-hybridized carbons (Fsp3) is 0.286. The van der Waals surface area contributed by atoms with E-state index in [4.69, 9.17) is 5.73 Å². The lowest BCUT2D eigenvalue weighted by Crippen LogP contribution is -2.14. The molecule has 0 aliphatic carbocycles. The highest BCUT2D eigenvalue weighted by molar-refractivity contribution is 7.11. The second kappa shape index (κ2) is 5.95. The van der Waals surface area contributed by atoms with Crippen molar-refractivity contribution in [3.05, 3.63) is 51.0 Å². The van der Waals surface area contributed by atoms with Gasteiger partial charge in [-0.1, -0.05) is 6.07 Å². The maximum Gasteiger partial charge on any atom is 0.248 e. The number of benzene rings is 1. The zero-order valence-corrected chi connectivity index (χ0v) is 11.9. The number of nitrogens with one attached hydrogen (secondary N) is 1. The molecular weight excluding hydrogens is 258 g/mol. The van der Waals surface area contributed by atoms with Gasteiger partial charge in [0.05, 0.1) is 5.01 Å². The second-order valence-electron chi connectivity index (χ2n) is 4.45. The molecule has 0 aliphatic heterocycles. The Hall–Kier alpha value is -1.72. The van der Waals surface area contributed by atoms with Crippen LogP contribution in [0.15, 0.2) is 24.4 Å². The summed E-state index contributed by atoms with van der Waals surface area (Å²) in [5.41, 5.74) is 8.05. The summed E-state index contributed by atoms with van der Waals surface area (Å²) in [6, 6.07) is 5.54. The van der Waals surface area contributed by atoms with E-state index in [-0.39, 0.29) is 5.91 Å². The molecule has 100 valence electrons. The summed E-state index contributed by atoms with van der Waals surface area (Å²) < 4.78 is 0. The first-order chi connectivity index (χ1) is 9.06. The van der Waals surface area contributed by atoms with Crippen molar-refractivity contribution in [3.63, 3.8) is 0 Å². The summed E-state index contributed by atoms with van der Waals surface area (Å²) >= 11 is 1.70. The van der Waals surface area contributed by atoms with Crippen LogP contribution in [0.4, 0.5) is 0 Å². The fourth-order valence-electron chi connectivity index (χ4n) is 1.85. The SMILES string of the molecule is Cc1ncc(CNCc2ccc(C(N)=O)cc2C)s1. The quantitative estimate of drug-likeness (QED) is 0.878. The maximum absolute atomic E-state index is 11.1. The number of thiazole rings is 1. The van der Waals surface area contributed by atoms with Crippen molar-refractivity contribution in [1.82, 2.24) is 10.3 Å². The smallest absolute Gasteiger partial charge is 0.248 e. The van der Waals surface area contributed by atoms with E-state index >= 15 is 0 Å². The Labute approximate surface area is 116 Å². The highest BCUT2D eigenvalue weighted by Crippen LogP contribution is 2.13. The molecule has 1 amide bonds. The number of rotatable bonds is 5. The molecule has 2 aromatic rings. The van der Waals surface area contributed by atoms with E-state index in [1.165, 1.54) is 10.4 Å². The van der Waals surface area contributed by atoms with Crippen molar-refractivity contribution in [3.8, 4) is 0 Å². The number of primary amides is 1. The van der Waals surface area contributed by atoms with Gasteiger partial charge in [0.1, 0.15) is 0 Å². The third-order valence-corrected chi connectivity index (χ3v) is 3.82. The number of nitrogens with zero attached hydrogens (tertiary/aromatic N) is 1. The third-order valence-electron chi connectivity index (χ3n) is 2.91. The Morgan fingerprint density at radius 3 is 2.74 bits per heavy atom. The van der Waals surface area contributed by atoms with Gasteiger partial charge in [0.15, 0.2) is 0 Å². The summed E-state index contributed by atoms with van der Waals surface area (Å²) in [5.74, 6) is -0.386. The Balaban J connectivity index is 1.94. The molecule has 0 saturated heterocycles. The Bertz CT molecular complexity index is 592. The monoisotopic (exact) mass is 275 g/mol. The van der Waals surface area contributed by atoms with E-state index in [1.54, 1.807) is 17.4 Å². The van der Waals surface area contributed by atoms with Crippen molar-refractivity contribution in [2.24, 2.45) is 5.73 Å². The highest BCUT2D eigenvalue weighted by Gasteiger charge is 2.04. The first-order valence-corrected chi connectivity index (χ1v) is 6.89. The van der Waals surface area contributed by atoms with E-state index < -0.39 is 0 Å². The number of hydrogen-bond donors (Lipinski definition) is 2. The Kier molecular flexibility index (Phi) is 4.29. The van der Waals surface area contributed by atoms with Crippen LogP contribution in [0.1, 0.15) is 31.4 Å². The number of hydrogen-bond acceptors (Lipinski definition) is 4. The van der Waals surface area contributed by atoms with Crippen molar-refractivity contribution in [1.29, 1.82) is 0 Å². The van der Waals surface area contributed by atoms with Gasteiger partial charge in [0.2, 0.25) is 5.91 Å². The minimum absolute atomic E-state index is 0.386. The van der Waals surface area contributed by atoms with Crippen LogP contribution in [-0.4, -0.2) is 10.9 Å². The van der Waals surface area contributed by atoms with Crippen LogP contribution >= 0.6 is 11.3 Å². The van der Waals surface area contributed by atoms with E-state index in [9.17, 15) is 4.79 Å². The van der Waals surface area contributed by atoms with Crippen LogP contribution in [0.3, 0.4) is 0 Å². The van der Waals surface area contributed by atoms with Gasteiger partial charge in [-0.2, -0.15) is 0 Å². The molecule has 0 radical (unpaired) electrons. The Morgan fingerprint density at radius 2 is 2.16 bits per heavy atom. The minimum atomic E-state index is -0.386. The average Bonchev–Trinajstić information content (AvgIpc) is 2.77. The first-order valence-electron chi connectivity index (χ1n) is 6.07. The van der Waals surface area contributed by atoms with Crippen LogP contribution in [0.5, 0.6) is 0 Å². The van der Waals surface area contributed by atoms with Gasteiger partial charge in [0.25, 0.3) is 0 Å². The summed E-state index contributed by atoms with van der Waals surface area (Å²) in [4.78, 5) is 16.5. The zero-order valence-electron chi connectivity index (χ0n) is 11.1. The van der Waals surface area contributed by atoms with Gasteiger partial charge in [-0.3, -0.25) is 4.79 Å². The number of aromatic nitrogens is 1. The largest absolute Gasteiger partial charge is 0.366 e. The summed E-state index contributed by atoms with van der Waals surface area (Å²) in [5, 5.41) is 4.46. The molecular formula is C14H17N3OS. The summed E-state index contributed by atoms with van der Waals surface area (Å²) in [6.07, 6.45) is 1.90. The zero-order chi connectivity index (χ0) is 13.8. The van der Waals surface area contributed by atoms with E-state index in [0.29, 0.717) is 5.56 Å². The van der Waals surface area contributed by atoms with E-state index in [1.807, 2.05) is 32.2 Å². The summed E-state index contributed by atoms with van der Waals surface area (Å²) in [7, 11) is 0. The molecule has 0 atom stereocenters. The molecule has 3 N–H and O–H groups in total. The first kappa shape index (κ1) is 13.7. The molecule has 0 aliphatic rings. The number of aryl methyl sites for hydroxylation is 2. The van der Waals surface area contributed by atoms with Gasteiger partial charge in [-0.25, -0.2) is 4.98 Å². The highest BCUT2D eigenvalue weighted by atomic mass is 32.1. The van der Waals surface area contributed by atoms with Crippen molar-refractivity contribution in [2.45, 2.75) is 26.9 Å². The molecule has 1 aromatic carbocycles. The molecule has 1 aromatic heterocycles. The van der Waals surface area contributed by atoms with Gasteiger partial charge in [-0.15, -0.1) is 11.3 Å². The molecule has 0 fully saturated rings. The normalized spacial score (nSPS) is 10.6. The fourth-order valence-corrected chi connectivity index (χ4v) is 2.62. The summed E-state index contributed by atoms with van der Waals surface area (Å²) in [6.45, 7) is 5.56. The molecule has 0 saturated carbocycles. The predicted molar refractivity (Wildman–Crippen MR) is 77.1 cm³/mol. The van der Waals surface area contributed by atoms with Crippen molar-refractivity contribution < 1.29 is 4.79 Å². The number of carbonyl (C=O) groups excluding carboxylic acids is 1. The van der Waals surface area contributed by atoms with E-state index in [2.05, 4.69) is 10.3 Å². The molecule has 0 bridgehead atoms. The lowest BCUT2D eigenvalue weighted by atomic mass is 10.0. The molecule has 0 unspecified atom stereocenters. The molecule has 19 heavy (non-hydrogen) atoms. The number of carbonyl (C=O) groups is 1. The van der Waals surface area contributed by atoms with Gasteiger partial charge in [-0.05, 0) is 37.1 Å². The molecule has 0 spiro atoms. The second-order valence-corrected chi connectivity index (χ2v) is 5.77. The Morgan fingerprint density at radius 1 is 1.37 bits per heavy atom. The topological polar surface area (TPSA) is 68.0 Å². The molecule has 1 heterocycles.